The van der Waals surface area contributed by atoms with E-state index in [1.54, 1.807) is 19.4 Å². The third-order valence-electron chi connectivity index (χ3n) is 3.86. The molecule has 0 spiro atoms. The average Bonchev–Trinajstić information content (AvgIpc) is 2.94. The molecule has 0 amide bonds. The van der Waals surface area contributed by atoms with Gasteiger partial charge in [-0.05, 0) is 31.5 Å². The lowest BCUT2D eigenvalue weighted by atomic mass is 10.0. The summed E-state index contributed by atoms with van der Waals surface area (Å²) in [4.78, 5) is 10.8. The van der Waals surface area contributed by atoms with Gasteiger partial charge in [-0.1, -0.05) is 0 Å². The second-order valence-corrected chi connectivity index (χ2v) is 5.40. The first-order valence-electron chi connectivity index (χ1n) is 7.19. The lowest BCUT2D eigenvalue weighted by molar-refractivity contribution is 0.198. The van der Waals surface area contributed by atoms with Crippen LogP contribution in [-0.4, -0.2) is 41.4 Å². The Morgan fingerprint density at radius 2 is 2.18 bits per heavy atom. The molecular formula is C16H18FN3O2. The molecule has 3 rings (SSSR count). The summed E-state index contributed by atoms with van der Waals surface area (Å²) >= 11 is 0. The normalized spacial score (nSPS) is 17.8. The highest BCUT2D eigenvalue weighted by atomic mass is 19.1. The first-order chi connectivity index (χ1) is 10.6. The Hall–Kier alpha value is -2.21. The van der Waals surface area contributed by atoms with E-state index in [9.17, 15) is 9.50 Å². The molecule has 1 aliphatic heterocycles. The van der Waals surface area contributed by atoms with Gasteiger partial charge in [-0.25, -0.2) is 14.4 Å². The molecule has 1 saturated heterocycles. The van der Waals surface area contributed by atoms with E-state index in [4.69, 9.17) is 4.74 Å². The molecule has 0 saturated carbocycles. The number of aromatic nitrogens is 2. The molecule has 5 nitrogen and oxygen atoms in total. The number of aliphatic hydroxyl groups is 1. The number of benzene rings is 1. The van der Waals surface area contributed by atoms with Crippen molar-refractivity contribution in [3.05, 3.63) is 35.9 Å². The maximum Gasteiger partial charge on any atom is 0.225 e. The minimum absolute atomic E-state index is 0.327. The lowest BCUT2D eigenvalue weighted by Crippen LogP contribution is -2.23. The molecule has 6 heteroatoms. The van der Waals surface area contributed by atoms with E-state index in [0.717, 1.165) is 24.2 Å². The fraction of sp³-hybridized carbons (Fsp3) is 0.375. The topological polar surface area (TPSA) is 58.5 Å². The zero-order valence-electron chi connectivity index (χ0n) is 12.6. The number of hydrogen-bond donors (Lipinski definition) is 1. The van der Waals surface area contributed by atoms with Crippen molar-refractivity contribution >= 4 is 5.95 Å². The summed E-state index contributed by atoms with van der Waals surface area (Å²) in [6.45, 7) is 3.14. The molecule has 1 atom stereocenters. The monoisotopic (exact) mass is 303 g/mol. The second-order valence-electron chi connectivity index (χ2n) is 5.40. The predicted molar refractivity (Wildman–Crippen MR) is 81.6 cm³/mol. The second kappa shape index (κ2) is 5.88. The number of methoxy groups -OCH3 is 1. The van der Waals surface area contributed by atoms with Gasteiger partial charge in [-0.2, -0.15) is 0 Å². The Morgan fingerprint density at radius 1 is 1.36 bits per heavy atom. The van der Waals surface area contributed by atoms with E-state index in [-0.39, 0.29) is 11.9 Å². The lowest BCUT2D eigenvalue weighted by Gasteiger charge is -2.17. The molecule has 22 heavy (non-hydrogen) atoms. The number of β-amino-alcohol motifs (C(OH)–C–C–N with tert-alkyl or cyclic N) is 1. The first-order valence-corrected chi connectivity index (χ1v) is 7.19. The summed E-state index contributed by atoms with van der Waals surface area (Å²) in [5.74, 6) is 0.840. The Balaban J connectivity index is 1.97. The third-order valence-corrected chi connectivity index (χ3v) is 3.86. The van der Waals surface area contributed by atoms with Crippen LogP contribution in [0.25, 0.3) is 11.1 Å². The van der Waals surface area contributed by atoms with Gasteiger partial charge < -0.3 is 14.7 Å². The van der Waals surface area contributed by atoms with E-state index in [2.05, 4.69) is 9.97 Å². The maximum atomic E-state index is 13.5. The summed E-state index contributed by atoms with van der Waals surface area (Å²) < 4.78 is 18.8. The van der Waals surface area contributed by atoms with E-state index in [1.165, 1.54) is 12.1 Å². The van der Waals surface area contributed by atoms with Crippen molar-refractivity contribution in [2.24, 2.45) is 0 Å². The van der Waals surface area contributed by atoms with Crippen molar-refractivity contribution in [3.63, 3.8) is 0 Å². The van der Waals surface area contributed by atoms with E-state index >= 15 is 0 Å². The minimum Gasteiger partial charge on any atom is -0.496 e. The van der Waals surface area contributed by atoms with Gasteiger partial charge >= 0.3 is 0 Å². The van der Waals surface area contributed by atoms with Crippen molar-refractivity contribution in [2.45, 2.75) is 19.4 Å². The van der Waals surface area contributed by atoms with Gasteiger partial charge in [-0.15, -0.1) is 0 Å². The van der Waals surface area contributed by atoms with Crippen molar-refractivity contribution in [2.75, 3.05) is 25.1 Å². The number of aliphatic hydroxyl groups excluding tert-OH is 1. The summed E-state index contributed by atoms with van der Waals surface area (Å²) in [5, 5.41) is 9.61. The molecule has 1 aliphatic rings. The van der Waals surface area contributed by atoms with Crippen LogP contribution < -0.4 is 9.64 Å². The molecule has 116 valence electrons. The largest absolute Gasteiger partial charge is 0.496 e. The molecular weight excluding hydrogens is 285 g/mol. The zero-order valence-corrected chi connectivity index (χ0v) is 12.6. The van der Waals surface area contributed by atoms with Crippen LogP contribution in [-0.2, 0) is 0 Å². The van der Waals surface area contributed by atoms with E-state index in [1.807, 2.05) is 11.8 Å². The SMILES string of the molecule is COc1ccc(F)cc1-c1cnc(N2CC[C@@H](O)C2)nc1C. The van der Waals surface area contributed by atoms with Gasteiger partial charge in [0.15, 0.2) is 0 Å². The fourth-order valence-corrected chi connectivity index (χ4v) is 2.69. The highest BCUT2D eigenvalue weighted by molar-refractivity contribution is 5.72. The van der Waals surface area contributed by atoms with Crippen LogP contribution in [0.4, 0.5) is 10.3 Å². The Kier molecular flexibility index (Phi) is 3.94. The van der Waals surface area contributed by atoms with Crippen LogP contribution in [0.1, 0.15) is 12.1 Å². The third kappa shape index (κ3) is 2.74. The van der Waals surface area contributed by atoms with Gasteiger partial charge in [0.2, 0.25) is 5.95 Å². The highest BCUT2D eigenvalue weighted by Gasteiger charge is 2.23. The summed E-state index contributed by atoms with van der Waals surface area (Å²) in [6.07, 6.45) is 2.08. The molecule has 0 aliphatic carbocycles. The van der Waals surface area contributed by atoms with Crippen molar-refractivity contribution in [1.82, 2.24) is 9.97 Å². The van der Waals surface area contributed by atoms with Gasteiger partial charge in [0.05, 0.1) is 18.9 Å². The van der Waals surface area contributed by atoms with Gasteiger partial charge in [0, 0.05) is 30.4 Å². The van der Waals surface area contributed by atoms with E-state index < -0.39 is 0 Å². The number of nitrogens with zero attached hydrogens (tertiary/aromatic N) is 3. The molecule has 1 N–H and O–H groups in total. The number of ether oxygens (including phenoxy) is 1. The standard InChI is InChI=1S/C16H18FN3O2/c1-10-14(13-7-11(17)3-4-15(13)22-2)8-18-16(19-10)20-6-5-12(21)9-20/h3-4,7-8,12,21H,5-6,9H2,1-2H3/t12-/m1/s1. The van der Waals surface area contributed by atoms with Gasteiger partial charge in [-0.3, -0.25) is 0 Å². The number of halogens is 1. The first kappa shape index (κ1) is 14.7. The van der Waals surface area contributed by atoms with Crippen LogP contribution in [0.5, 0.6) is 5.75 Å². The Bertz CT molecular complexity index is 693. The minimum atomic E-state index is -0.332. The zero-order chi connectivity index (χ0) is 15.7. The van der Waals surface area contributed by atoms with Crippen LogP contribution >= 0.6 is 0 Å². The van der Waals surface area contributed by atoms with Gasteiger partial charge in [0.1, 0.15) is 11.6 Å². The van der Waals surface area contributed by atoms with Crippen LogP contribution in [0.2, 0.25) is 0 Å². The molecule has 0 radical (unpaired) electrons. The molecule has 1 aromatic carbocycles. The molecule has 0 bridgehead atoms. The summed E-state index contributed by atoms with van der Waals surface area (Å²) in [6, 6.07) is 4.37. The Labute approximate surface area is 128 Å². The molecule has 1 aromatic heterocycles. The predicted octanol–water partition coefficient (Wildman–Crippen LogP) is 2.17. The Morgan fingerprint density at radius 3 is 2.82 bits per heavy atom. The molecule has 1 fully saturated rings. The number of anilines is 1. The van der Waals surface area contributed by atoms with Gasteiger partial charge in [0.25, 0.3) is 0 Å². The quantitative estimate of drug-likeness (QED) is 0.941. The maximum absolute atomic E-state index is 13.5. The molecule has 2 aromatic rings. The van der Waals surface area contributed by atoms with Crippen molar-refractivity contribution in [1.29, 1.82) is 0 Å². The van der Waals surface area contributed by atoms with Crippen LogP contribution in [0.3, 0.4) is 0 Å². The smallest absolute Gasteiger partial charge is 0.225 e. The van der Waals surface area contributed by atoms with Crippen molar-refractivity contribution in [3.8, 4) is 16.9 Å². The fourth-order valence-electron chi connectivity index (χ4n) is 2.69. The van der Waals surface area contributed by atoms with Crippen LogP contribution in [0, 0.1) is 12.7 Å². The van der Waals surface area contributed by atoms with E-state index in [0.29, 0.717) is 23.8 Å². The highest BCUT2D eigenvalue weighted by Crippen LogP contribution is 2.32. The number of aryl methyl sites for hydroxylation is 1. The number of rotatable bonds is 3. The van der Waals surface area contributed by atoms with Crippen LogP contribution in [0.15, 0.2) is 24.4 Å². The summed E-state index contributed by atoms with van der Waals surface area (Å²) in [7, 11) is 1.55. The number of hydrogen-bond acceptors (Lipinski definition) is 5. The molecule has 2 heterocycles. The summed E-state index contributed by atoms with van der Waals surface area (Å²) in [5.41, 5.74) is 2.11. The molecule has 0 unspecified atom stereocenters. The van der Waals surface area contributed by atoms with Crippen molar-refractivity contribution < 1.29 is 14.2 Å². The average molecular weight is 303 g/mol.